The SMILES string of the molecule is CC(C)CC(=O)N1CCC(N)C1Cc1cccc(-c2ccccc2)c1. The molecule has 1 saturated heterocycles. The van der Waals surface area contributed by atoms with Gasteiger partial charge in [0, 0.05) is 19.0 Å². The number of carbonyl (C=O) groups excluding carboxylic acids is 1. The fraction of sp³-hybridized carbons (Fsp3) is 0.409. The summed E-state index contributed by atoms with van der Waals surface area (Å²) >= 11 is 0. The van der Waals surface area contributed by atoms with Crippen LogP contribution in [0.2, 0.25) is 0 Å². The van der Waals surface area contributed by atoms with Crippen LogP contribution >= 0.6 is 0 Å². The van der Waals surface area contributed by atoms with Crippen LogP contribution in [0.1, 0.15) is 32.3 Å². The Kier molecular flexibility index (Phi) is 5.54. The molecule has 1 amide bonds. The zero-order valence-corrected chi connectivity index (χ0v) is 15.2. The normalized spacial score (nSPS) is 20.2. The van der Waals surface area contributed by atoms with Gasteiger partial charge in [-0.15, -0.1) is 0 Å². The third-order valence-corrected chi connectivity index (χ3v) is 4.98. The number of hydrogen-bond acceptors (Lipinski definition) is 2. The van der Waals surface area contributed by atoms with E-state index in [0.29, 0.717) is 12.3 Å². The first-order valence-corrected chi connectivity index (χ1v) is 9.24. The van der Waals surface area contributed by atoms with Crippen molar-refractivity contribution in [3.63, 3.8) is 0 Å². The third-order valence-electron chi connectivity index (χ3n) is 4.98. The molecule has 0 saturated carbocycles. The van der Waals surface area contributed by atoms with E-state index in [9.17, 15) is 4.79 Å². The molecule has 0 radical (unpaired) electrons. The van der Waals surface area contributed by atoms with Gasteiger partial charge in [0.05, 0.1) is 6.04 Å². The molecule has 1 aliphatic rings. The average Bonchev–Trinajstić information content (AvgIpc) is 2.96. The van der Waals surface area contributed by atoms with Crippen LogP contribution in [0.25, 0.3) is 11.1 Å². The fourth-order valence-electron chi connectivity index (χ4n) is 3.67. The zero-order chi connectivity index (χ0) is 17.8. The molecule has 0 aliphatic carbocycles. The quantitative estimate of drug-likeness (QED) is 0.901. The molecule has 2 atom stereocenters. The van der Waals surface area contributed by atoms with Crippen LogP contribution in [0.3, 0.4) is 0 Å². The molecule has 0 spiro atoms. The number of nitrogens with two attached hydrogens (primary N) is 1. The van der Waals surface area contributed by atoms with Crippen molar-refractivity contribution < 1.29 is 4.79 Å². The third kappa shape index (κ3) is 4.29. The summed E-state index contributed by atoms with van der Waals surface area (Å²) < 4.78 is 0. The van der Waals surface area contributed by atoms with Crippen LogP contribution in [0.15, 0.2) is 54.6 Å². The lowest BCUT2D eigenvalue weighted by Crippen LogP contribution is -2.44. The van der Waals surface area contributed by atoms with E-state index in [1.807, 2.05) is 11.0 Å². The van der Waals surface area contributed by atoms with Crippen LogP contribution in [-0.2, 0) is 11.2 Å². The van der Waals surface area contributed by atoms with Gasteiger partial charge in [-0.3, -0.25) is 4.79 Å². The van der Waals surface area contributed by atoms with Gasteiger partial charge in [-0.25, -0.2) is 0 Å². The van der Waals surface area contributed by atoms with Crippen molar-refractivity contribution >= 4 is 5.91 Å². The Morgan fingerprint density at radius 1 is 1.12 bits per heavy atom. The van der Waals surface area contributed by atoms with Crippen molar-refractivity contribution in [3.05, 3.63) is 60.2 Å². The Bertz CT molecular complexity index is 711. The number of amides is 1. The van der Waals surface area contributed by atoms with E-state index in [2.05, 4.69) is 62.4 Å². The van der Waals surface area contributed by atoms with Crippen molar-refractivity contribution in [1.29, 1.82) is 0 Å². The van der Waals surface area contributed by atoms with Crippen molar-refractivity contribution in [3.8, 4) is 11.1 Å². The lowest BCUT2D eigenvalue weighted by molar-refractivity contribution is -0.132. The van der Waals surface area contributed by atoms with Gasteiger partial charge in [-0.05, 0) is 35.4 Å². The molecule has 1 heterocycles. The van der Waals surface area contributed by atoms with Gasteiger partial charge in [0.1, 0.15) is 0 Å². The number of likely N-dealkylation sites (tertiary alicyclic amines) is 1. The summed E-state index contributed by atoms with van der Waals surface area (Å²) in [5.41, 5.74) is 10.0. The van der Waals surface area contributed by atoms with Crippen molar-refractivity contribution in [1.82, 2.24) is 4.90 Å². The van der Waals surface area contributed by atoms with Gasteiger partial charge < -0.3 is 10.6 Å². The van der Waals surface area contributed by atoms with E-state index < -0.39 is 0 Å². The van der Waals surface area contributed by atoms with Gasteiger partial charge in [-0.2, -0.15) is 0 Å². The van der Waals surface area contributed by atoms with Gasteiger partial charge in [0.2, 0.25) is 5.91 Å². The highest BCUT2D eigenvalue weighted by Gasteiger charge is 2.34. The van der Waals surface area contributed by atoms with E-state index in [1.165, 1.54) is 16.7 Å². The molecule has 3 heteroatoms. The molecule has 1 fully saturated rings. The first-order chi connectivity index (χ1) is 12.0. The lowest BCUT2D eigenvalue weighted by atomic mass is 9.96. The molecule has 132 valence electrons. The monoisotopic (exact) mass is 336 g/mol. The van der Waals surface area contributed by atoms with Crippen molar-refractivity contribution in [2.75, 3.05) is 6.54 Å². The maximum atomic E-state index is 12.6. The van der Waals surface area contributed by atoms with Gasteiger partial charge in [-0.1, -0.05) is 68.4 Å². The predicted molar refractivity (Wildman–Crippen MR) is 103 cm³/mol. The Morgan fingerprint density at radius 3 is 2.56 bits per heavy atom. The molecular formula is C22H28N2O. The molecule has 25 heavy (non-hydrogen) atoms. The summed E-state index contributed by atoms with van der Waals surface area (Å²) in [6.07, 6.45) is 2.33. The van der Waals surface area contributed by atoms with Gasteiger partial charge in [0.25, 0.3) is 0 Å². The van der Waals surface area contributed by atoms with Crippen LogP contribution in [0, 0.1) is 5.92 Å². The van der Waals surface area contributed by atoms with Crippen LogP contribution in [-0.4, -0.2) is 29.4 Å². The van der Waals surface area contributed by atoms with Gasteiger partial charge in [0.15, 0.2) is 0 Å². The summed E-state index contributed by atoms with van der Waals surface area (Å²) in [6.45, 7) is 4.97. The predicted octanol–water partition coefficient (Wildman–Crippen LogP) is 3.87. The summed E-state index contributed by atoms with van der Waals surface area (Å²) in [5, 5.41) is 0. The maximum Gasteiger partial charge on any atom is 0.223 e. The summed E-state index contributed by atoms with van der Waals surface area (Å²) in [5.74, 6) is 0.624. The Labute approximate surface area is 150 Å². The smallest absolute Gasteiger partial charge is 0.223 e. The second-order valence-electron chi connectivity index (χ2n) is 7.48. The van der Waals surface area contributed by atoms with Gasteiger partial charge >= 0.3 is 0 Å². The highest BCUT2D eigenvalue weighted by Crippen LogP contribution is 2.25. The Balaban J connectivity index is 1.77. The molecule has 3 nitrogen and oxygen atoms in total. The number of nitrogens with zero attached hydrogens (tertiary/aromatic N) is 1. The zero-order valence-electron chi connectivity index (χ0n) is 15.2. The molecule has 2 N–H and O–H groups in total. The molecule has 3 rings (SSSR count). The number of benzene rings is 2. The van der Waals surface area contributed by atoms with E-state index in [0.717, 1.165) is 19.4 Å². The molecule has 2 unspecified atom stereocenters. The largest absolute Gasteiger partial charge is 0.338 e. The summed E-state index contributed by atoms with van der Waals surface area (Å²) in [6, 6.07) is 19.2. The first-order valence-electron chi connectivity index (χ1n) is 9.24. The number of carbonyl (C=O) groups is 1. The van der Waals surface area contributed by atoms with E-state index in [1.54, 1.807) is 0 Å². The molecule has 0 bridgehead atoms. The average molecular weight is 336 g/mol. The van der Waals surface area contributed by atoms with E-state index in [-0.39, 0.29) is 18.0 Å². The molecule has 1 aliphatic heterocycles. The van der Waals surface area contributed by atoms with Crippen LogP contribution in [0.4, 0.5) is 0 Å². The lowest BCUT2D eigenvalue weighted by Gasteiger charge is -2.28. The highest BCUT2D eigenvalue weighted by molar-refractivity contribution is 5.77. The Morgan fingerprint density at radius 2 is 1.84 bits per heavy atom. The fourth-order valence-corrected chi connectivity index (χ4v) is 3.67. The van der Waals surface area contributed by atoms with Crippen molar-refractivity contribution in [2.24, 2.45) is 11.7 Å². The highest BCUT2D eigenvalue weighted by atomic mass is 16.2. The Hall–Kier alpha value is -2.13. The minimum atomic E-state index is 0.0662. The van der Waals surface area contributed by atoms with Crippen molar-refractivity contribution in [2.45, 2.75) is 45.2 Å². The second kappa shape index (κ2) is 7.83. The van der Waals surface area contributed by atoms with Crippen LogP contribution < -0.4 is 5.73 Å². The maximum absolute atomic E-state index is 12.6. The molecule has 0 aromatic heterocycles. The number of hydrogen-bond donors (Lipinski definition) is 1. The van der Waals surface area contributed by atoms with E-state index in [4.69, 9.17) is 5.73 Å². The number of rotatable bonds is 5. The summed E-state index contributed by atoms with van der Waals surface area (Å²) in [4.78, 5) is 14.6. The molecule has 2 aromatic rings. The second-order valence-corrected chi connectivity index (χ2v) is 7.48. The molecular weight excluding hydrogens is 308 g/mol. The summed E-state index contributed by atoms with van der Waals surface area (Å²) in [7, 11) is 0. The van der Waals surface area contributed by atoms with Crippen LogP contribution in [0.5, 0.6) is 0 Å². The minimum absolute atomic E-state index is 0.0662. The topological polar surface area (TPSA) is 46.3 Å². The minimum Gasteiger partial charge on any atom is -0.338 e. The molecule has 2 aromatic carbocycles. The standard InChI is InChI=1S/C22H28N2O/c1-16(2)13-22(25)24-12-11-20(23)21(24)15-17-7-6-10-19(14-17)18-8-4-3-5-9-18/h3-10,14,16,20-21H,11-13,15,23H2,1-2H3. The first kappa shape index (κ1) is 17.7. The van der Waals surface area contributed by atoms with E-state index >= 15 is 0 Å².